The van der Waals surface area contributed by atoms with Crippen LogP contribution in [0.25, 0.3) is 0 Å². The molecule has 0 bridgehead atoms. The van der Waals surface area contributed by atoms with Crippen molar-refractivity contribution in [3.05, 3.63) is 102 Å². The van der Waals surface area contributed by atoms with Crippen LogP contribution in [-0.4, -0.2) is 41.6 Å². The third kappa shape index (κ3) is 5.47. The highest BCUT2D eigenvalue weighted by atomic mass is 35.5. The Morgan fingerprint density at radius 2 is 1.60 bits per heavy atom. The minimum atomic E-state index is -0.799. The third-order valence-corrected chi connectivity index (χ3v) is 11.0. The van der Waals surface area contributed by atoms with Gasteiger partial charge in [0.15, 0.2) is 0 Å². The van der Waals surface area contributed by atoms with E-state index in [9.17, 15) is 19.2 Å². The number of hydrogen-bond acceptors (Lipinski definition) is 7. The van der Waals surface area contributed by atoms with Crippen molar-refractivity contribution in [2.75, 3.05) is 29.2 Å². The monoisotopic (exact) mass is 672 g/mol. The smallest absolute Gasteiger partial charge is 0.308 e. The molecule has 1 fully saturated rings. The number of fused-ring (bicyclic) bond motifs is 2. The summed E-state index contributed by atoms with van der Waals surface area (Å²) in [5, 5.41) is 3.56. The SMILES string of the molecule is CN(C)c1ccc([C@@H]2c3sc(=O)n(CC(=O)Nc4ccc(Cl)c(Cl)c4)c3S[C@H]3C(=O)N(c4ccc(Cl)cc4)C(=O)[C@@H]23)cc1. The fraction of sp³-hybridized carbons (Fsp3) is 0.200. The van der Waals surface area contributed by atoms with Crippen LogP contribution in [0.2, 0.25) is 15.1 Å². The topological polar surface area (TPSA) is 91.7 Å². The predicted octanol–water partition coefficient (Wildman–Crippen LogP) is 6.37. The first-order valence-electron chi connectivity index (χ1n) is 13.1. The van der Waals surface area contributed by atoms with E-state index in [1.54, 1.807) is 36.4 Å². The van der Waals surface area contributed by atoms with E-state index in [0.717, 1.165) is 34.3 Å². The average Bonchev–Trinajstić information content (AvgIpc) is 3.41. The fourth-order valence-electron chi connectivity index (χ4n) is 5.36. The van der Waals surface area contributed by atoms with Crippen molar-refractivity contribution in [1.82, 2.24) is 4.57 Å². The quantitative estimate of drug-likeness (QED) is 0.239. The first-order valence-corrected chi connectivity index (χ1v) is 15.9. The number of carbonyl (C=O) groups excluding carboxylic acids is 3. The van der Waals surface area contributed by atoms with Gasteiger partial charge in [-0.3, -0.25) is 23.7 Å². The van der Waals surface area contributed by atoms with Crippen LogP contribution in [0.1, 0.15) is 16.4 Å². The van der Waals surface area contributed by atoms with Gasteiger partial charge in [-0.25, -0.2) is 4.90 Å². The Kier molecular flexibility index (Phi) is 8.08. The van der Waals surface area contributed by atoms with Gasteiger partial charge in [-0.15, -0.1) is 0 Å². The maximum Gasteiger partial charge on any atom is 0.308 e. The highest BCUT2D eigenvalue weighted by molar-refractivity contribution is 8.00. The van der Waals surface area contributed by atoms with Gasteiger partial charge in [-0.1, -0.05) is 70.0 Å². The summed E-state index contributed by atoms with van der Waals surface area (Å²) in [6.07, 6.45) is 0. The second-order valence-corrected chi connectivity index (χ2v) is 13.7. The summed E-state index contributed by atoms with van der Waals surface area (Å²) in [5.74, 6) is -2.49. The van der Waals surface area contributed by atoms with Crippen molar-refractivity contribution in [3.63, 3.8) is 0 Å². The van der Waals surface area contributed by atoms with E-state index in [1.807, 2.05) is 43.3 Å². The number of anilines is 3. The number of rotatable bonds is 6. The van der Waals surface area contributed by atoms with Gasteiger partial charge in [0.05, 0.1) is 26.7 Å². The van der Waals surface area contributed by atoms with Crippen LogP contribution < -0.4 is 20.0 Å². The number of thioether (sulfide) groups is 1. The lowest BCUT2D eigenvalue weighted by molar-refractivity contribution is -0.122. The number of carbonyl (C=O) groups is 3. The second kappa shape index (κ2) is 11.7. The number of thiazole rings is 1. The minimum Gasteiger partial charge on any atom is -0.378 e. The molecule has 4 aromatic rings. The van der Waals surface area contributed by atoms with Crippen molar-refractivity contribution in [1.29, 1.82) is 0 Å². The number of nitrogens with one attached hydrogen (secondary N) is 1. The summed E-state index contributed by atoms with van der Waals surface area (Å²) in [5.41, 5.74) is 2.62. The molecule has 220 valence electrons. The Bertz CT molecular complexity index is 1820. The zero-order valence-corrected chi connectivity index (χ0v) is 26.6. The maximum atomic E-state index is 14.0. The molecule has 2 aliphatic heterocycles. The van der Waals surface area contributed by atoms with Crippen LogP contribution in [-0.2, 0) is 20.9 Å². The number of hydrogen-bond donors (Lipinski definition) is 1. The molecule has 2 aliphatic rings. The summed E-state index contributed by atoms with van der Waals surface area (Å²) in [7, 11) is 3.86. The molecule has 0 radical (unpaired) electrons. The molecule has 0 unspecified atom stereocenters. The molecule has 3 atom stereocenters. The Balaban J connectivity index is 1.40. The Labute approximate surface area is 270 Å². The maximum absolute atomic E-state index is 14.0. The van der Waals surface area contributed by atoms with E-state index in [0.29, 0.717) is 31.3 Å². The van der Waals surface area contributed by atoms with Gasteiger partial charge in [-0.05, 0) is 60.2 Å². The number of aromatic nitrogens is 1. The lowest BCUT2D eigenvalue weighted by Crippen LogP contribution is -2.33. The number of nitrogens with zero attached hydrogens (tertiary/aromatic N) is 3. The molecule has 1 saturated heterocycles. The van der Waals surface area contributed by atoms with Crippen LogP contribution in [0.15, 0.2) is 76.6 Å². The van der Waals surface area contributed by atoms with Crippen molar-refractivity contribution < 1.29 is 14.4 Å². The van der Waals surface area contributed by atoms with E-state index < -0.39 is 23.0 Å². The lowest BCUT2D eigenvalue weighted by atomic mass is 9.83. The molecule has 3 heterocycles. The standard InChI is InChI=1S/C30H23Cl3N4O4S2/c1-35(2)18-8-3-15(4-9-18)23-24-25(28(40)37(27(24)39)19-10-5-16(31)6-11-19)42-29-26(23)43-30(41)36(29)14-22(38)34-17-7-12-20(32)21(33)13-17/h3-13,23-25H,14H2,1-2H3,(H,34,38)/t23-,24-,25+/m0/s1. The minimum absolute atomic E-state index is 0.281. The number of benzene rings is 3. The van der Waals surface area contributed by atoms with Crippen LogP contribution in [0.3, 0.4) is 0 Å². The van der Waals surface area contributed by atoms with Crippen molar-refractivity contribution in [3.8, 4) is 0 Å². The summed E-state index contributed by atoms with van der Waals surface area (Å²) in [6, 6.07) is 19.0. The zero-order valence-electron chi connectivity index (χ0n) is 22.7. The number of amides is 3. The van der Waals surface area contributed by atoms with E-state index in [2.05, 4.69) is 5.32 Å². The molecule has 6 rings (SSSR count). The average molecular weight is 674 g/mol. The molecule has 1 aromatic heterocycles. The van der Waals surface area contributed by atoms with Gasteiger partial charge in [0.25, 0.3) is 0 Å². The number of imide groups is 1. The van der Waals surface area contributed by atoms with Gasteiger partial charge in [0.1, 0.15) is 11.8 Å². The Hall–Kier alpha value is -3.28. The summed E-state index contributed by atoms with van der Waals surface area (Å²) >= 11 is 20.3. The van der Waals surface area contributed by atoms with E-state index >= 15 is 0 Å². The van der Waals surface area contributed by atoms with Gasteiger partial charge in [0.2, 0.25) is 17.7 Å². The third-order valence-electron chi connectivity index (χ3n) is 7.41. The van der Waals surface area contributed by atoms with E-state index in [1.165, 1.54) is 15.5 Å². The highest BCUT2D eigenvalue weighted by Gasteiger charge is 2.56. The largest absolute Gasteiger partial charge is 0.378 e. The van der Waals surface area contributed by atoms with Gasteiger partial charge < -0.3 is 10.2 Å². The van der Waals surface area contributed by atoms with Gasteiger partial charge >= 0.3 is 4.87 Å². The van der Waals surface area contributed by atoms with Crippen molar-refractivity contribution >= 4 is 92.7 Å². The normalized spacial score (nSPS) is 19.3. The Morgan fingerprint density at radius 3 is 2.26 bits per heavy atom. The molecule has 0 spiro atoms. The highest BCUT2D eigenvalue weighted by Crippen LogP contribution is 2.54. The summed E-state index contributed by atoms with van der Waals surface area (Å²) in [4.78, 5) is 57.8. The molecule has 3 aromatic carbocycles. The Morgan fingerprint density at radius 1 is 0.907 bits per heavy atom. The van der Waals surface area contributed by atoms with Crippen LogP contribution in [0.5, 0.6) is 0 Å². The molecule has 8 nitrogen and oxygen atoms in total. The summed E-state index contributed by atoms with van der Waals surface area (Å²) in [6.45, 7) is -0.287. The van der Waals surface area contributed by atoms with Gasteiger partial charge in [0, 0.05) is 41.3 Å². The molecule has 0 saturated carbocycles. The molecule has 3 amide bonds. The number of halogens is 3. The van der Waals surface area contributed by atoms with Crippen LogP contribution >= 0.6 is 57.9 Å². The first-order chi connectivity index (χ1) is 20.5. The fourth-order valence-corrected chi connectivity index (χ4v) is 8.55. The van der Waals surface area contributed by atoms with Crippen molar-refractivity contribution in [2.45, 2.75) is 22.7 Å². The molecule has 1 N–H and O–H groups in total. The van der Waals surface area contributed by atoms with Crippen molar-refractivity contribution in [2.24, 2.45) is 5.92 Å². The van der Waals surface area contributed by atoms with Crippen LogP contribution in [0, 0.1) is 5.92 Å². The zero-order chi connectivity index (χ0) is 30.6. The molecular weight excluding hydrogens is 651 g/mol. The molecule has 0 aliphatic carbocycles. The second-order valence-electron chi connectivity index (χ2n) is 10.3. The first kappa shape index (κ1) is 29.8. The molecular formula is C30H23Cl3N4O4S2. The summed E-state index contributed by atoms with van der Waals surface area (Å²) < 4.78 is 1.37. The van der Waals surface area contributed by atoms with Crippen LogP contribution in [0.4, 0.5) is 17.1 Å². The predicted molar refractivity (Wildman–Crippen MR) is 173 cm³/mol. The van der Waals surface area contributed by atoms with E-state index in [4.69, 9.17) is 34.8 Å². The molecule has 43 heavy (non-hydrogen) atoms. The van der Waals surface area contributed by atoms with E-state index in [-0.39, 0.29) is 28.3 Å². The van der Waals surface area contributed by atoms with Gasteiger partial charge in [-0.2, -0.15) is 0 Å². The molecule has 13 heteroatoms. The lowest BCUT2D eigenvalue weighted by Gasteiger charge is -2.31.